The number of para-hydroxylation sites is 1. The molecular formula is C19H26N2O4. The van der Waals surface area contributed by atoms with E-state index in [1.54, 1.807) is 4.90 Å². The summed E-state index contributed by atoms with van der Waals surface area (Å²) in [6.45, 7) is 4.87. The first-order chi connectivity index (χ1) is 12.1. The fourth-order valence-corrected chi connectivity index (χ4v) is 3.64. The summed E-state index contributed by atoms with van der Waals surface area (Å²) in [6.07, 6.45) is 2.04. The van der Waals surface area contributed by atoms with Crippen molar-refractivity contribution in [3.05, 3.63) is 30.3 Å². The van der Waals surface area contributed by atoms with Crippen molar-refractivity contribution in [2.24, 2.45) is 0 Å². The standard InChI is InChI=1S/C19H26N2O4/c1-2-10-21-17(22)8-11-20(14-19(21)9-12-24-15-19)18(23)13-25-16-6-4-3-5-7-16/h3-7H,2,8-15H2,1H3. The minimum Gasteiger partial charge on any atom is -0.484 e. The second-order valence-corrected chi connectivity index (χ2v) is 6.74. The molecule has 1 spiro atoms. The van der Waals surface area contributed by atoms with Gasteiger partial charge in [-0.1, -0.05) is 25.1 Å². The predicted molar refractivity (Wildman–Crippen MR) is 93.3 cm³/mol. The van der Waals surface area contributed by atoms with E-state index in [0.29, 0.717) is 45.0 Å². The van der Waals surface area contributed by atoms with Crippen LogP contribution in [-0.2, 0) is 14.3 Å². The number of rotatable bonds is 5. The fourth-order valence-electron chi connectivity index (χ4n) is 3.64. The molecule has 0 bridgehead atoms. The molecular weight excluding hydrogens is 320 g/mol. The summed E-state index contributed by atoms with van der Waals surface area (Å²) in [5.41, 5.74) is -0.383. The van der Waals surface area contributed by atoms with Gasteiger partial charge >= 0.3 is 0 Å². The van der Waals surface area contributed by atoms with Crippen LogP contribution in [0.15, 0.2) is 30.3 Å². The number of ether oxygens (including phenoxy) is 2. The normalized spacial score (nSPS) is 23.8. The van der Waals surface area contributed by atoms with E-state index in [4.69, 9.17) is 9.47 Å². The second kappa shape index (κ2) is 7.87. The molecule has 0 aromatic heterocycles. The maximum Gasteiger partial charge on any atom is 0.260 e. The van der Waals surface area contributed by atoms with Gasteiger partial charge in [0, 0.05) is 32.7 Å². The van der Waals surface area contributed by atoms with Gasteiger partial charge < -0.3 is 19.3 Å². The predicted octanol–water partition coefficient (Wildman–Crippen LogP) is 1.70. The molecule has 2 aliphatic rings. The quantitative estimate of drug-likeness (QED) is 0.814. The maximum atomic E-state index is 12.7. The second-order valence-electron chi connectivity index (χ2n) is 6.74. The van der Waals surface area contributed by atoms with E-state index >= 15 is 0 Å². The first-order valence-electron chi connectivity index (χ1n) is 8.98. The molecule has 0 aliphatic carbocycles. The van der Waals surface area contributed by atoms with Gasteiger partial charge in [0.25, 0.3) is 5.91 Å². The third-order valence-electron chi connectivity index (χ3n) is 4.94. The molecule has 0 N–H and O–H groups in total. The Balaban J connectivity index is 1.69. The highest BCUT2D eigenvalue weighted by atomic mass is 16.5. The Bertz CT molecular complexity index is 599. The van der Waals surface area contributed by atoms with Gasteiger partial charge in [-0.2, -0.15) is 0 Å². The Hall–Kier alpha value is -2.08. The summed E-state index contributed by atoms with van der Waals surface area (Å²) in [4.78, 5) is 29.0. The van der Waals surface area contributed by atoms with Crippen LogP contribution in [0.3, 0.4) is 0 Å². The highest BCUT2D eigenvalue weighted by Crippen LogP contribution is 2.31. The van der Waals surface area contributed by atoms with E-state index in [-0.39, 0.29) is 24.0 Å². The summed E-state index contributed by atoms with van der Waals surface area (Å²) < 4.78 is 11.2. The molecule has 2 amide bonds. The van der Waals surface area contributed by atoms with E-state index in [0.717, 1.165) is 12.8 Å². The molecule has 136 valence electrons. The molecule has 1 aromatic rings. The molecule has 25 heavy (non-hydrogen) atoms. The van der Waals surface area contributed by atoms with Crippen molar-refractivity contribution in [2.75, 3.05) is 39.5 Å². The number of amides is 2. The number of hydrogen-bond acceptors (Lipinski definition) is 4. The first kappa shape index (κ1) is 17.7. The Labute approximate surface area is 148 Å². The number of hydrogen-bond donors (Lipinski definition) is 0. The molecule has 0 radical (unpaired) electrons. The molecule has 6 nitrogen and oxygen atoms in total. The number of benzene rings is 1. The molecule has 1 unspecified atom stereocenters. The Morgan fingerprint density at radius 2 is 2.12 bits per heavy atom. The van der Waals surface area contributed by atoms with Crippen molar-refractivity contribution < 1.29 is 19.1 Å². The summed E-state index contributed by atoms with van der Waals surface area (Å²) in [5.74, 6) is 0.709. The molecule has 0 saturated carbocycles. The largest absolute Gasteiger partial charge is 0.484 e. The van der Waals surface area contributed by atoms with Gasteiger partial charge in [-0.25, -0.2) is 0 Å². The van der Waals surface area contributed by atoms with Crippen molar-refractivity contribution in [2.45, 2.75) is 31.7 Å². The van der Waals surface area contributed by atoms with Crippen LogP contribution in [0.4, 0.5) is 0 Å². The van der Waals surface area contributed by atoms with E-state index in [1.165, 1.54) is 0 Å². The van der Waals surface area contributed by atoms with Crippen LogP contribution in [-0.4, -0.2) is 66.6 Å². The minimum atomic E-state index is -0.383. The summed E-state index contributed by atoms with van der Waals surface area (Å²) in [6, 6.07) is 9.31. The number of carbonyl (C=O) groups excluding carboxylic acids is 2. The van der Waals surface area contributed by atoms with Crippen molar-refractivity contribution in [3.8, 4) is 5.75 Å². The zero-order valence-electron chi connectivity index (χ0n) is 14.8. The van der Waals surface area contributed by atoms with Crippen LogP contribution in [0.25, 0.3) is 0 Å². The van der Waals surface area contributed by atoms with Crippen LogP contribution in [0.1, 0.15) is 26.2 Å². The van der Waals surface area contributed by atoms with Gasteiger partial charge in [0.05, 0.1) is 12.1 Å². The molecule has 2 aliphatic heterocycles. The molecule has 2 saturated heterocycles. The highest BCUT2D eigenvalue weighted by Gasteiger charge is 2.46. The lowest BCUT2D eigenvalue weighted by molar-refractivity contribution is -0.138. The summed E-state index contributed by atoms with van der Waals surface area (Å²) in [5, 5.41) is 0. The Morgan fingerprint density at radius 3 is 2.80 bits per heavy atom. The van der Waals surface area contributed by atoms with Crippen molar-refractivity contribution in [3.63, 3.8) is 0 Å². The molecule has 2 fully saturated rings. The average molecular weight is 346 g/mol. The number of nitrogens with zero attached hydrogens (tertiary/aromatic N) is 2. The van der Waals surface area contributed by atoms with Gasteiger partial charge in [0.15, 0.2) is 6.61 Å². The van der Waals surface area contributed by atoms with Crippen LogP contribution in [0.2, 0.25) is 0 Å². The van der Waals surface area contributed by atoms with Gasteiger partial charge in [-0.3, -0.25) is 9.59 Å². The first-order valence-corrected chi connectivity index (χ1v) is 8.98. The van der Waals surface area contributed by atoms with Crippen LogP contribution >= 0.6 is 0 Å². The van der Waals surface area contributed by atoms with Gasteiger partial charge in [0.2, 0.25) is 5.91 Å². The topological polar surface area (TPSA) is 59.1 Å². The lowest BCUT2D eigenvalue weighted by atomic mass is 9.95. The van der Waals surface area contributed by atoms with Gasteiger partial charge in [-0.15, -0.1) is 0 Å². The lowest BCUT2D eigenvalue weighted by Gasteiger charge is -2.40. The SMILES string of the molecule is CCCN1C(=O)CCN(C(=O)COc2ccccc2)CC12CCOC2. The zero-order chi connectivity index (χ0) is 17.7. The molecule has 6 heteroatoms. The van der Waals surface area contributed by atoms with E-state index in [2.05, 4.69) is 6.92 Å². The van der Waals surface area contributed by atoms with E-state index in [1.807, 2.05) is 35.2 Å². The highest BCUT2D eigenvalue weighted by molar-refractivity contribution is 5.82. The summed E-state index contributed by atoms with van der Waals surface area (Å²) in [7, 11) is 0. The van der Waals surface area contributed by atoms with Crippen molar-refractivity contribution in [1.82, 2.24) is 9.80 Å². The molecule has 1 aromatic carbocycles. The maximum absolute atomic E-state index is 12.7. The monoisotopic (exact) mass is 346 g/mol. The lowest BCUT2D eigenvalue weighted by Crippen LogP contribution is -2.57. The smallest absolute Gasteiger partial charge is 0.260 e. The van der Waals surface area contributed by atoms with Crippen LogP contribution in [0.5, 0.6) is 5.75 Å². The number of carbonyl (C=O) groups is 2. The Kier molecular flexibility index (Phi) is 5.58. The zero-order valence-corrected chi connectivity index (χ0v) is 14.8. The Morgan fingerprint density at radius 1 is 1.32 bits per heavy atom. The molecule has 2 heterocycles. The van der Waals surface area contributed by atoms with Gasteiger partial charge in [-0.05, 0) is 25.0 Å². The summed E-state index contributed by atoms with van der Waals surface area (Å²) >= 11 is 0. The van der Waals surface area contributed by atoms with E-state index in [9.17, 15) is 9.59 Å². The fraction of sp³-hybridized carbons (Fsp3) is 0.579. The molecule has 1 atom stereocenters. The van der Waals surface area contributed by atoms with Crippen molar-refractivity contribution >= 4 is 11.8 Å². The van der Waals surface area contributed by atoms with Crippen molar-refractivity contribution in [1.29, 1.82) is 0 Å². The van der Waals surface area contributed by atoms with E-state index < -0.39 is 0 Å². The third-order valence-corrected chi connectivity index (χ3v) is 4.94. The molecule has 3 rings (SSSR count). The average Bonchev–Trinajstić information content (AvgIpc) is 3.05. The minimum absolute atomic E-state index is 0.0110. The third kappa shape index (κ3) is 3.95. The van der Waals surface area contributed by atoms with Gasteiger partial charge in [0.1, 0.15) is 5.75 Å². The van der Waals surface area contributed by atoms with Crippen LogP contribution < -0.4 is 4.74 Å². The van der Waals surface area contributed by atoms with Crippen LogP contribution in [0, 0.1) is 0 Å².